The summed E-state index contributed by atoms with van der Waals surface area (Å²) in [6, 6.07) is 10.9. The molecule has 150 valence electrons. The number of allylic oxidation sites excluding steroid dienone is 4. The second-order valence-corrected chi connectivity index (χ2v) is 8.79. The molecule has 2 saturated carbocycles. The van der Waals surface area contributed by atoms with Gasteiger partial charge in [0.25, 0.3) is 0 Å². The van der Waals surface area contributed by atoms with Crippen LogP contribution in [0.15, 0.2) is 48.3 Å². The summed E-state index contributed by atoms with van der Waals surface area (Å²) in [5.74, 6) is 2.38. The first-order chi connectivity index (χ1) is 13.7. The SMILES string of the molecule is CCCc1ccc(C2CCC(C3CCC(C=CC=C(F)C#N)CC3)CC2)cc1. The third-order valence-corrected chi connectivity index (χ3v) is 6.98. The van der Waals surface area contributed by atoms with E-state index in [0.29, 0.717) is 5.92 Å². The average Bonchev–Trinajstić information content (AvgIpc) is 2.75. The standard InChI is InChI=1S/C26H34FN/c1-2-4-20-7-11-22(12-8-20)24-15-17-25(18-16-24)23-13-9-21(10-14-23)5-3-6-26(27)19-28/h3,5-8,11-12,21,23-25H,2,4,9-10,13-18H2,1H3. The van der Waals surface area contributed by atoms with Gasteiger partial charge in [-0.2, -0.15) is 9.65 Å². The van der Waals surface area contributed by atoms with Crippen molar-refractivity contribution in [2.24, 2.45) is 17.8 Å². The predicted octanol–water partition coefficient (Wildman–Crippen LogP) is 7.65. The number of rotatable bonds is 6. The quantitative estimate of drug-likeness (QED) is 0.368. The summed E-state index contributed by atoms with van der Waals surface area (Å²) in [6.07, 6.45) is 18.0. The second kappa shape index (κ2) is 10.6. The van der Waals surface area contributed by atoms with Crippen LogP contribution in [0.2, 0.25) is 0 Å². The van der Waals surface area contributed by atoms with E-state index in [0.717, 1.165) is 17.8 Å². The zero-order chi connectivity index (χ0) is 19.8. The van der Waals surface area contributed by atoms with Crippen molar-refractivity contribution in [1.29, 1.82) is 5.26 Å². The van der Waals surface area contributed by atoms with Gasteiger partial charge in [-0.15, -0.1) is 0 Å². The molecular weight excluding hydrogens is 345 g/mol. The fourth-order valence-electron chi connectivity index (χ4n) is 5.31. The third-order valence-electron chi connectivity index (χ3n) is 6.98. The molecule has 1 nitrogen and oxygen atoms in total. The van der Waals surface area contributed by atoms with Crippen molar-refractivity contribution in [2.75, 3.05) is 0 Å². The van der Waals surface area contributed by atoms with Gasteiger partial charge in [0.1, 0.15) is 6.07 Å². The predicted molar refractivity (Wildman–Crippen MR) is 115 cm³/mol. The average molecular weight is 380 g/mol. The van der Waals surface area contributed by atoms with Gasteiger partial charge in [0, 0.05) is 0 Å². The van der Waals surface area contributed by atoms with Gasteiger partial charge in [-0.25, -0.2) is 0 Å². The van der Waals surface area contributed by atoms with Crippen molar-refractivity contribution in [2.45, 2.75) is 77.0 Å². The maximum atomic E-state index is 12.8. The van der Waals surface area contributed by atoms with Crippen molar-refractivity contribution in [3.8, 4) is 6.07 Å². The molecule has 0 radical (unpaired) electrons. The van der Waals surface area contributed by atoms with E-state index in [-0.39, 0.29) is 0 Å². The molecule has 2 aliphatic rings. The van der Waals surface area contributed by atoms with Crippen molar-refractivity contribution in [1.82, 2.24) is 0 Å². The van der Waals surface area contributed by atoms with E-state index in [9.17, 15) is 4.39 Å². The van der Waals surface area contributed by atoms with E-state index in [2.05, 4.69) is 37.3 Å². The molecule has 2 heteroatoms. The second-order valence-electron chi connectivity index (χ2n) is 8.79. The number of hydrogen-bond acceptors (Lipinski definition) is 1. The van der Waals surface area contributed by atoms with E-state index >= 15 is 0 Å². The molecule has 0 unspecified atom stereocenters. The largest absolute Gasteiger partial charge is 0.199 e. The van der Waals surface area contributed by atoms with Gasteiger partial charge in [-0.1, -0.05) is 49.8 Å². The number of aryl methyl sites for hydroxylation is 1. The molecule has 3 rings (SSSR count). The molecule has 2 fully saturated rings. The van der Waals surface area contributed by atoms with Crippen LogP contribution in [0.4, 0.5) is 4.39 Å². The molecule has 28 heavy (non-hydrogen) atoms. The number of nitriles is 1. The lowest BCUT2D eigenvalue weighted by atomic mass is 9.68. The van der Waals surface area contributed by atoms with Crippen LogP contribution >= 0.6 is 0 Å². The van der Waals surface area contributed by atoms with Gasteiger partial charge in [-0.05, 0) is 98.7 Å². The van der Waals surface area contributed by atoms with Crippen molar-refractivity contribution in [3.05, 3.63) is 59.4 Å². The maximum absolute atomic E-state index is 12.8. The highest BCUT2D eigenvalue weighted by Gasteiger charge is 2.30. The molecule has 0 atom stereocenters. The first-order valence-electron chi connectivity index (χ1n) is 11.2. The Bertz CT molecular complexity index is 693. The van der Waals surface area contributed by atoms with Gasteiger partial charge in [-0.3, -0.25) is 0 Å². The summed E-state index contributed by atoms with van der Waals surface area (Å²) in [5, 5.41) is 8.45. The van der Waals surface area contributed by atoms with Crippen molar-refractivity contribution in [3.63, 3.8) is 0 Å². The Hall–Kier alpha value is -1.88. The molecule has 0 bridgehead atoms. The highest BCUT2D eigenvalue weighted by atomic mass is 19.1. The Balaban J connectivity index is 1.43. The number of benzene rings is 1. The lowest BCUT2D eigenvalue weighted by molar-refractivity contribution is 0.171. The third kappa shape index (κ3) is 5.81. The molecule has 2 aliphatic carbocycles. The topological polar surface area (TPSA) is 23.8 Å². The number of nitrogens with zero attached hydrogens (tertiary/aromatic N) is 1. The molecule has 0 aliphatic heterocycles. The van der Waals surface area contributed by atoms with Crippen LogP contribution < -0.4 is 0 Å². The molecule has 0 saturated heterocycles. The summed E-state index contributed by atoms with van der Waals surface area (Å²) >= 11 is 0. The summed E-state index contributed by atoms with van der Waals surface area (Å²) in [7, 11) is 0. The normalized spacial score (nSPS) is 29.0. The van der Waals surface area contributed by atoms with E-state index in [4.69, 9.17) is 5.26 Å². The van der Waals surface area contributed by atoms with Crippen LogP contribution in [0.5, 0.6) is 0 Å². The van der Waals surface area contributed by atoms with Crippen LogP contribution in [0.1, 0.15) is 81.8 Å². The summed E-state index contributed by atoms with van der Waals surface area (Å²) < 4.78 is 12.8. The Morgan fingerprint density at radius 3 is 2.18 bits per heavy atom. The molecule has 0 aromatic heterocycles. The van der Waals surface area contributed by atoms with Crippen LogP contribution in [-0.2, 0) is 6.42 Å². The highest BCUT2D eigenvalue weighted by Crippen LogP contribution is 2.44. The molecule has 1 aromatic rings. The first kappa shape index (κ1) is 20.8. The van der Waals surface area contributed by atoms with Gasteiger partial charge in [0.15, 0.2) is 5.83 Å². The van der Waals surface area contributed by atoms with Gasteiger partial charge in [0.05, 0.1) is 0 Å². The zero-order valence-corrected chi connectivity index (χ0v) is 17.2. The summed E-state index contributed by atoms with van der Waals surface area (Å²) in [6.45, 7) is 2.24. The van der Waals surface area contributed by atoms with Gasteiger partial charge in [0.2, 0.25) is 0 Å². The van der Waals surface area contributed by atoms with E-state index < -0.39 is 5.83 Å². The van der Waals surface area contributed by atoms with Gasteiger partial charge >= 0.3 is 0 Å². The smallest absolute Gasteiger partial charge is 0.195 e. The van der Waals surface area contributed by atoms with E-state index in [1.54, 1.807) is 11.6 Å². The fourth-order valence-corrected chi connectivity index (χ4v) is 5.31. The van der Waals surface area contributed by atoms with E-state index in [1.165, 1.54) is 81.9 Å². The van der Waals surface area contributed by atoms with E-state index in [1.807, 2.05) is 0 Å². The van der Waals surface area contributed by atoms with Crippen LogP contribution in [0, 0.1) is 29.1 Å². The lowest BCUT2D eigenvalue weighted by Crippen LogP contribution is -2.25. The Kier molecular flexibility index (Phi) is 7.90. The Morgan fingerprint density at radius 1 is 1.00 bits per heavy atom. The monoisotopic (exact) mass is 379 g/mol. The molecule has 0 amide bonds. The Labute approximate surface area is 170 Å². The lowest BCUT2D eigenvalue weighted by Gasteiger charge is -2.37. The van der Waals surface area contributed by atoms with Gasteiger partial charge < -0.3 is 0 Å². The first-order valence-corrected chi connectivity index (χ1v) is 11.2. The fraction of sp³-hybridized carbons (Fsp3) is 0.577. The minimum Gasteiger partial charge on any atom is -0.195 e. The molecule has 0 N–H and O–H groups in total. The number of halogens is 1. The molecule has 0 spiro atoms. The summed E-state index contributed by atoms with van der Waals surface area (Å²) in [4.78, 5) is 0. The number of hydrogen-bond donors (Lipinski definition) is 0. The zero-order valence-electron chi connectivity index (χ0n) is 17.2. The van der Waals surface area contributed by atoms with Crippen molar-refractivity contribution >= 4 is 0 Å². The molecule has 1 aromatic carbocycles. The molecular formula is C26H34FN. The minimum atomic E-state index is -0.707. The minimum absolute atomic E-state index is 0.553. The van der Waals surface area contributed by atoms with Crippen LogP contribution in [0.3, 0.4) is 0 Å². The maximum Gasteiger partial charge on any atom is 0.199 e. The van der Waals surface area contributed by atoms with Crippen LogP contribution in [0.25, 0.3) is 0 Å². The summed E-state index contributed by atoms with van der Waals surface area (Å²) in [5.41, 5.74) is 3.02. The highest BCUT2D eigenvalue weighted by molar-refractivity contribution is 5.26. The van der Waals surface area contributed by atoms with Crippen LogP contribution in [-0.4, -0.2) is 0 Å². The Morgan fingerprint density at radius 2 is 1.61 bits per heavy atom. The molecule has 0 heterocycles. The van der Waals surface area contributed by atoms with Crippen molar-refractivity contribution < 1.29 is 4.39 Å².